The van der Waals surface area contributed by atoms with E-state index in [2.05, 4.69) is 5.32 Å². The summed E-state index contributed by atoms with van der Waals surface area (Å²) in [5, 5.41) is 3.62. The van der Waals surface area contributed by atoms with E-state index in [0.29, 0.717) is 15.6 Å². The number of anilines is 1. The van der Waals surface area contributed by atoms with Gasteiger partial charge in [0.05, 0.1) is 20.6 Å². The van der Waals surface area contributed by atoms with Crippen molar-refractivity contribution in [1.82, 2.24) is 10.2 Å². The van der Waals surface area contributed by atoms with Gasteiger partial charge < -0.3 is 10.2 Å². The molecule has 0 aromatic heterocycles. The summed E-state index contributed by atoms with van der Waals surface area (Å²) < 4.78 is 29.0. The second kappa shape index (κ2) is 14.3. The molecule has 4 rings (SSSR count). The van der Waals surface area contributed by atoms with Gasteiger partial charge in [-0.25, -0.2) is 8.42 Å². The Balaban J connectivity index is 1.81. The second-order valence-electron chi connectivity index (χ2n) is 9.85. The normalized spacial score (nSPS) is 11.9. The zero-order valence-electron chi connectivity index (χ0n) is 23.5. The van der Waals surface area contributed by atoms with Crippen molar-refractivity contribution in [2.24, 2.45) is 0 Å². The Labute approximate surface area is 267 Å². The summed E-state index contributed by atoms with van der Waals surface area (Å²) in [6, 6.07) is 25.8. The number of carbonyl (C=O) groups is 2. The molecule has 1 unspecified atom stereocenters. The zero-order chi connectivity index (χ0) is 31.1. The third-order valence-corrected chi connectivity index (χ3v) is 9.84. The van der Waals surface area contributed by atoms with Crippen molar-refractivity contribution in [1.29, 1.82) is 0 Å². The third kappa shape index (κ3) is 7.89. The molecule has 4 aromatic carbocycles. The maximum atomic E-state index is 14.3. The molecule has 0 heterocycles. The summed E-state index contributed by atoms with van der Waals surface area (Å²) in [5.41, 5.74) is 2.39. The quantitative estimate of drug-likeness (QED) is 0.198. The van der Waals surface area contributed by atoms with Crippen LogP contribution in [0, 0.1) is 6.92 Å². The highest BCUT2D eigenvalue weighted by atomic mass is 35.5. The van der Waals surface area contributed by atoms with E-state index in [9.17, 15) is 18.0 Å². The first kappa shape index (κ1) is 32.4. The first-order chi connectivity index (χ1) is 20.5. The molecule has 0 spiro atoms. The molecule has 7 nitrogen and oxygen atoms in total. The van der Waals surface area contributed by atoms with Crippen LogP contribution in [0.5, 0.6) is 0 Å². The number of carbonyl (C=O) groups excluding carboxylic acids is 2. The molecule has 1 atom stereocenters. The van der Waals surface area contributed by atoms with Crippen molar-refractivity contribution < 1.29 is 18.0 Å². The molecule has 0 saturated carbocycles. The number of aryl methyl sites for hydroxylation is 1. The number of rotatable bonds is 11. The van der Waals surface area contributed by atoms with E-state index < -0.39 is 34.4 Å². The first-order valence-electron chi connectivity index (χ1n) is 13.3. The van der Waals surface area contributed by atoms with E-state index in [1.54, 1.807) is 55.5 Å². The lowest BCUT2D eigenvalue weighted by Crippen LogP contribution is -2.53. The van der Waals surface area contributed by atoms with E-state index in [4.69, 9.17) is 34.8 Å². The standard InChI is InChI=1S/C32H30Cl3N3O4S/c1-22-13-15-25(19-28(22)34)38(43(41,42)26-11-7-4-8-12-26)21-31(39)37(20-24-14-16-27(33)29(35)17-24)30(32(40)36-2)18-23-9-5-3-6-10-23/h3-17,19,30H,18,20-21H2,1-2H3,(H,36,40). The molecule has 0 aliphatic rings. The van der Waals surface area contributed by atoms with Crippen LogP contribution in [0.15, 0.2) is 102 Å². The number of benzene rings is 4. The van der Waals surface area contributed by atoms with Gasteiger partial charge in [-0.15, -0.1) is 0 Å². The maximum Gasteiger partial charge on any atom is 0.264 e. The lowest BCUT2D eigenvalue weighted by Gasteiger charge is -2.33. The summed E-state index contributed by atoms with van der Waals surface area (Å²) >= 11 is 18.8. The zero-order valence-corrected chi connectivity index (χ0v) is 26.6. The lowest BCUT2D eigenvalue weighted by molar-refractivity contribution is -0.139. The topological polar surface area (TPSA) is 86.8 Å². The van der Waals surface area contributed by atoms with Gasteiger partial charge in [-0.3, -0.25) is 13.9 Å². The van der Waals surface area contributed by atoms with Gasteiger partial charge in [-0.2, -0.15) is 0 Å². The van der Waals surface area contributed by atoms with Crippen LogP contribution in [0.3, 0.4) is 0 Å². The number of halogens is 3. The minimum Gasteiger partial charge on any atom is -0.357 e. The van der Waals surface area contributed by atoms with Gasteiger partial charge in [0.2, 0.25) is 11.8 Å². The monoisotopic (exact) mass is 657 g/mol. The average Bonchev–Trinajstić information content (AvgIpc) is 3.01. The molecule has 0 aliphatic heterocycles. The van der Waals surface area contributed by atoms with Crippen molar-refractivity contribution >= 4 is 62.3 Å². The fourth-order valence-electron chi connectivity index (χ4n) is 4.54. The van der Waals surface area contributed by atoms with E-state index in [-0.39, 0.29) is 28.6 Å². The molecular weight excluding hydrogens is 629 g/mol. The molecule has 2 amide bonds. The fourth-order valence-corrected chi connectivity index (χ4v) is 6.46. The Kier molecular flexibility index (Phi) is 10.7. The number of hydrogen-bond donors (Lipinski definition) is 1. The Morgan fingerprint density at radius 3 is 2.05 bits per heavy atom. The molecule has 0 radical (unpaired) electrons. The molecule has 4 aromatic rings. The lowest BCUT2D eigenvalue weighted by atomic mass is 10.0. The van der Waals surface area contributed by atoms with Crippen molar-refractivity contribution in [2.75, 3.05) is 17.9 Å². The largest absolute Gasteiger partial charge is 0.357 e. The minimum absolute atomic E-state index is 0.00247. The van der Waals surface area contributed by atoms with Crippen LogP contribution in [0.1, 0.15) is 16.7 Å². The predicted molar refractivity (Wildman–Crippen MR) is 172 cm³/mol. The molecule has 0 fully saturated rings. The first-order valence-corrected chi connectivity index (χ1v) is 15.9. The Hall–Kier alpha value is -3.56. The highest BCUT2D eigenvalue weighted by Gasteiger charge is 2.34. The van der Waals surface area contributed by atoms with Crippen LogP contribution >= 0.6 is 34.8 Å². The van der Waals surface area contributed by atoms with Crippen LogP contribution in [-0.2, 0) is 32.6 Å². The Morgan fingerprint density at radius 1 is 0.791 bits per heavy atom. The van der Waals surface area contributed by atoms with Gasteiger partial charge in [0, 0.05) is 25.0 Å². The molecule has 0 saturated heterocycles. The summed E-state index contributed by atoms with van der Waals surface area (Å²) in [4.78, 5) is 29.0. The van der Waals surface area contributed by atoms with Gasteiger partial charge in [0.25, 0.3) is 10.0 Å². The van der Waals surface area contributed by atoms with Crippen molar-refractivity contribution in [3.8, 4) is 0 Å². The fraction of sp³-hybridized carbons (Fsp3) is 0.188. The van der Waals surface area contributed by atoms with Gasteiger partial charge in [0.15, 0.2) is 0 Å². The number of hydrogen-bond acceptors (Lipinski definition) is 4. The van der Waals surface area contributed by atoms with E-state index >= 15 is 0 Å². The Morgan fingerprint density at radius 2 is 1.44 bits per heavy atom. The van der Waals surface area contributed by atoms with Gasteiger partial charge in [-0.1, -0.05) is 95.5 Å². The summed E-state index contributed by atoms with van der Waals surface area (Å²) in [7, 11) is -2.73. The smallest absolute Gasteiger partial charge is 0.264 e. The number of nitrogens with one attached hydrogen (secondary N) is 1. The van der Waals surface area contributed by atoms with Crippen LogP contribution in [-0.4, -0.2) is 44.8 Å². The Bertz CT molecular complexity index is 1700. The van der Waals surface area contributed by atoms with Gasteiger partial charge >= 0.3 is 0 Å². The van der Waals surface area contributed by atoms with Crippen LogP contribution in [0.4, 0.5) is 5.69 Å². The average molecular weight is 659 g/mol. The van der Waals surface area contributed by atoms with Crippen molar-refractivity contribution in [3.05, 3.63) is 129 Å². The summed E-state index contributed by atoms with van der Waals surface area (Å²) in [5.74, 6) is -1.01. The summed E-state index contributed by atoms with van der Waals surface area (Å²) in [6.07, 6.45) is 0.190. The highest BCUT2D eigenvalue weighted by molar-refractivity contribution is 7.92. The molecule has 224 valence electrons. The van der Waals surface area contributed by atoms with Gasteiger partial charge in [0.1, 0.15) is 12.6 Å². The third-order valence-electron chi connectivity index (χ3n) is 6.91. The molecule has 0 aliphatic carbocycles. The second-order valence-corrected chi connectivity index (χ2v) is 12.9. The van der Waals surface area contributed by atoms with Crippen LogP contribution < -0.4 is 9.62 Å². The van der Waals surface area contributed by atoms with E-state index in [0.717, 1.165) is 15.4 Å². The summed E-state index contributed by atoms with van der Waals surface area (Å²) in [6.45, 7) is 1.17. The maximum absolute atomic E-state index is 14.3. The van der Waals surface area contributed by atoms with Crippen molar-refractivity contribution in [2.45, 2.75) is 30.8 Å². The van der Waals surface area contributed by atoms with Crippen LogP contribution in [0.25, 0.3) is 0 Å². The van der Waals surface area contributed by atoms with E-state index in [1.165, 1.54) is 30.1 Å². The highest BCUT2D eigenvalue weighted by Crippen LogP contribution is 2.29. The number of nitrogens with zero attached hydrogens (tertiary/aromatic N) is 2. The molecule has 43 heavy (non-hydrogen) atoms. The SMILES string of the molecule is CNC(=O)C(Cc1ccccc1)N(Cc1ccc(Cl)c(Cl)c1)C(=O)CN(c1ccc(C)c(Cl)c1)S(=O)(=O)c1ccccc1. The van der Waals surface area contributed by atoms with Gasteiger partial charge in [-0.05, 0) is 60.0 Å². The van der Waals surface area contributed by atoms with Crippen LogP contribution in [0.2, 0.25) is 15.1 Å². The predicted octanol–water partition coefficient (Wildman–Crippen LogP) is 6.54. The molecule has 1 N–H and O–H groups in total. The van der Waals surface area contributed by atoms with Crippen molar-refractivity contribution in [3.63, 3.8) is 0 Å². The molecule has 0 bridgehead atoms. The minimum atomic E-state index is -4.22. The number of likely N-dealkylation sites (N-methyl/N-ethyl adjacent to an activating group) is 1. The molecule has 11 heteroatoms. The van der Waals surface area contributed by atoms with E-state index in [1.807, 2.05) is 30.3 Å². The number of amides is 2. The molecular formula is C32H30Cl3N3O4S. The number of sulfonamides is 1.